The molecule has 1 amide bonds. The number of halogens is 3. The summed E-state index contributed by atoms with van der Waals surface area (Å²) in [4.78, 5) is 28.8. The number of amides is 1. The molecule has 1 heterocycles. The summed E-state index contributed by atoms with van der Waals surface area (Å²) in [6.07, 6.45) is -4.69. The number of hydrogen-bond acceptors (Lipinski definition) is 6. The van der Waals surface area contributed by atoms with Crippen molar-refractivity contribution in [2.45, 2.75) is 6.18 Å². The predicted molar refractivity (Wildman–Crippen MR) is 109 cm³/mol. The standard InChI is InChI=1S/C20H16F3N3O4S/c1-30-11-10-25(18(27)15-4-2-3-5-16(15)20(21,22)23)19-24-17(12-31-19)13-6-8-14(9-7-13)26(28)29/h2-9,12H,10-11H2,1H3. The molecule has 0 saturated carbocycles. The van der Waals surface area contributed by atoms with Gasteiger partial charge >= 0.3 is 6.18 Å². The van der Waals surface area contributed by atoms with Crippen LogP contribution in [0.15, 0.2) is 53.9 Å². The first-order valence-electron chi connectivity index (χ1n) is 8.89. The molecule has 0 saturated heterocycles. The van der Waals surface area contributed by atoms with Crippen molar-refractivity contribution in [3.63, 3.8) is 0 Å². The zero-order valence-corrected chi connectivity index (χ0v) is 16.9. The highest BCUT2D eigenvalue weighted by atomic mass is 32.1. The first-order chi connectivity index (χ1) is 14.7. The number of ether oxygens (including phenoxy) is 1. The molecule has 31 heavy (non-hydrogen) atoms. The Balaban J connectivity index is 1.96. The van der Waals surface area contributed by atoms with Gasteiger partial charge in [0.1, 0.15) is 0 Å². The second-order valence-electron chi connectivity index (χ2n) is 6.31. The van der Waals surface area contributed by atoms with Crippen LogP contribution < -0.4 is 4.90 Å². The molecule has 7 nitrogen and oxygen atoms in total. The van der Waals surface area contributed by atoms with Gasteiger partial charge in [0.05, 0.1) is 34.9 Å². The summed E-state index contributed by atoms with van der Waals surface area (Å²) in [5.41, 5.74) is -0.593. The molecule has 0 atom stereocenters. The van der Waals surface area contributed by atoms with Crippen LogP contribution in [0, 0.1) is 10.1 Å². The maximum Gasteiger partial charge on any atom is 0.417 e. The molecule has 0 bridgehead atoms. The maximum absolute atomic E-state index is 13.4. The minimum Gasteiger partial charge on any atom is -0.383 e. The van der Waals surface area contributed by atoms with Crippen LogP contribution in [0.1, 0.15) is 15.9 Å². The molecule has 1 aromatic heterocycles. The van der Waals surface area contributed by atoms with Gasteiger partial charge in [0.2, 0.25) is 0 Å². The summed E-state index contributed by atoms with van der Waals surface area (Å²) in [6.45, 7) is 0.0844. The molecule has 0 aliphatic carbocycles. The van der Waals surface area contributed by atoms with Crippen molar-refractivity contribution in [2.24, 2.45) is 0 Å². The van der Waals surface area contributed by atoms with Gasteiger partial charge in [-0.2, -0.15) is 13.2 Å². The molecule has 0 N–H and O–H groups in total. The largest absolute Gasteiger partial charge is 0.417 e. The van der Waals surface area contributed by atoms with Crippen LogP contribution in [0.3, 0.4) is 0 Å². The lowest BCUT2D eigenvalue weighted by atomic mass is 10.1. The summed E-state index contributed by atoms with van der Waals surface area (Å²) in [5.74, 6) is -0.852. The van der Waals surface area contributed by atoms with E-state index in [4.69, 9.17) is 4.74 Å². The van der Waals surface area contributed by atoms with E-state index in [9.17, 15) is 28.1 Å². The van der Waals surface area contributed by atoms with E-state index in [-0.39, 0.29) is 24.0 Å². The second-order valence-corrected chi connectivity index (χ2v) is 7.15. The Kier molecular flexibility index (Phi) is 6.66. The minimum atomic E-state index is -4.69. The lowest BCUT2D eigenvalue weighted by molar-refractivity contribution is -0.384. The molecule has 2 aromatic carbocycles. The number of methoxy groups -OCH3 is 1. The highest BCUT2D eigenvalue weighted by Gasteiger charge is 2.36. The Morgan fingerprint density at radius 3 is 2.48 bits per heavy atom. The normalized spacial score (nSPS) is 11.4. The molecule has 162 valence electrons. The Hall–Kier alpha value is -3.31. The van der Waals surface area contributed by atoms with Crippen molar-refractivity contribution in [2.75, 3.05) is 25.2 Å². The SMILES string of the molecule is COCCN(C(=O)c1ccccc1C(F)(F)F)c1nc(-c2ccc([N+](=O)[O-])cc2)cs1. The summed E-state index contributed by atoms with van der Waals surface area (Å²) in [6, 6.07) is 10.2. The van der Waals surface area contributed by atoms with E-state index in [1.54, 1.807) is 5.38 Å². The first-order valence-corrected chi connectivity index (χ1v) is 9.77. The number of carbonyl (C=O) groups is 1. The number of thiazole rings is 1. The van der Waals surface area contributed by atoms with Crippen LogP contribution in [-0.2, 0) is 10.9 Å². The number of rotatable bonds is 7. The third kappa shape index (κ3) is 5.06. The van der Waals surface area contributed by atoms with E-state index in [2.05, 4.69) is 4.98 Å². The Morgan fingerprint density at radius 2 is 1.87 bits per heavy atom. The van der Waals surface area contributed by atoms with Crippen LogP contribution in [0.25, 0.3) is 11.3 Å². The lowest BCUT2D eigenvalue weighted by Crippen LogP contribution is -2.35. The van der Waals surface area contributed by atoms with Gasteiger partial charge in [0, 0.05) is 30.2 Å². The maximum atomic E-state index is 13.4. The van der Waals surface area contributed by atoms with E-state index in [0.717, 1.165) is 28.4 Å². The molecule has 0 radical (unpaired) electrons. The molecule has 0 unspecified atom stereocenters. The van der Waals surface area contributed by atoms with Crippen molar-refractivity contribution >= 4 is 28.1 Å². The number of anilines is 1. The number of non-ortho nitro benzene ring substituents is 1. The van der Waals surface area contributed by atoms with E-state index in [1.165, 1.54) is 43.5 Å². The number of aromatic nitrogens is 1. The van der Waals surface area contributed by atoms with Gasteiger partial charge in [-0.05, 0) is 24.3 Å². The van der Waals surface area contributed by atoms with Crippen molar-refractivity contribution < 1.29 is 27.6 Å². The quantitative estimate of drug-likeness (QED) is 0.372. The van der Waals surface area contributed by atoms with Crippen molar-refractivity contribution in [1.82, 2.24) is 4.98 Å². The summed E-state index contributed by atoms with van der Waals surface area (Å²) in [5, 5.41) is 12.6. The number of nitro benzene ring substituents is 1. The molecule has 0 spiro atoms. The second kappa shape index (κ2) is 9.23. The van der Waals surface area contributed by atoms with Crippen LogP contribution >= 0.6 is 11.3 Å². The molecule has 0 aliphatic rings. The Morgan fingerprint density at radius 1 is 1.19 bits per heavy atom. The highest BCUT2D eigenvalue weighted by Crippen LogP contribution is 2.34. The van der Waals surface area contributed by atoms with Gasteiger partial charge < -0.3 is 4.74 Å². The Bertz CT molecular complexity index is 1080. The van der Waals surface area contributed by atoms with Gasteiger partial charge in [-0.3, -0.25) is 19.8 Å². The van der Waals surface area contributed by atoms with Gasteiger partial charge in [-0.1, -0.05) is 12.1 Å². The predicted octanol–water partition coefficient (Wildman–Crippen LogP) is 5.03. The Labute approximate surface area is 178 Å². The van der Waals surface area contributed by atoms with E-state index >= 15 is 0 Å². The fourth-order valence-corrected chi connectivity index (χ4v) is 3.66. The van der Waals surface area contributed by atoms with Crippen LogP contribution in [-0.4, -0.2) is 36.1 Å². The van der Waals surface area contributed by atoms with Gasteiger partial charge in [-0.15, -0.1) is 11.3 Å². The fraction of sp³-hybridized carbons (Fsp3) is 0.200. The number of hydrogen-bond donors (Lipinski definition) is 0. The monoisotopic (exact) mass is 451 g/mol. The summed E-state index contributed by atoms with van der Waals surface area (Å²) < 4.78 is 45.2. The minimum absolute atomic E-state index is 0.00522. The lowest BCUT2D eigenvalue weighted by Gasteiger charge is -2.21. The van der Waals surface area contributed by atoms with Gasteiger partial charge in [0.15, 0.2) is 5.13 Å². The molecule has 0 aliphatic heterocycles. The number of nitrogens with zero attached hydrogens (tertiary/aromatic N) is 3. The highest BCUT2D eigenvalue weighted by molar-refractivity contribution is 7.14. The molecular formula is C20H16F3N3O4S. The summed E-state index contributed by atoms with van der Waals surface area (Å²) >= 11 is 1.07. The van der Waals surface area contributed by atoms with Crippen molar-refractivity contribution in [3.8, 4) is 11.3 Å². The molecule has 3 aromatic rings. The topological polar surface area (TPSA) is 85.6 Å². The van der Waals surface area contributed by atoms with Crippen LogP contribution in [0.5, 0.6) is 0 Å². The van der Waals surface area contributed by atoms with Gasteiger partial charge in [-0.25, -0.2) is 4.98 Å². The summed E-state index contributed by atoms with van der Waals surface area (Å²) in [7, 11) is 1.41. The average molecular weight is 451 g/mol. The fourth-order valence-electron chi connectivity index (χ4n) is 2.80. The third-order valence-electron chi connectivity index (χ3n) is 4.32. The smallest absolute Gasteiger partial charge is 0.383 e. The van der Waals surface area contributed by atoms with Crippen LogP contribution in [0.4, 0.5) is 24.0 Å². The van der Waals surface area contributed by atoms with Gasteiger partial charge in [0.25, 0.3) is 11.6 Å². The first kappa shape index (κ1) is 22.4. The average Bonchev–Trinajstić information content (AvgIpc) is 3.23. The van der Waals surface area contributed by atoms with E-state index in [0.29, 0.717) is 11.3 Å². The van der Waals surface area contributed by atoms with Crippen LogP contribution in [0.2, 0.25) is 0 Å². The molecular weight excluding hydrogens is 435 g/mol. The zero-order chi connectivity index (χ0) is 22.6. The molecule has 0 fully saturated rings. The molecule has 3 rings (SSSR count). The van der Waals surface area contributed by atoms with Crippen molar-refractivity contribution in [1.29, 1.82) is 0 Å². The molecule has 11 heteroatoms. The number of alkyl halides is 3. The number of carbonyl (C=O) groups excluding carboxylic acids is 1. The van der Waals surface area contributed by atoms with E-state index < -0.39 is 28.1 Å². The zero-order valence-electron chi connectivity index (χ0n) is 16.1. The van der Waals surface area contributed by atoms with Crippen molar-refractivity contribution in [3.05, 3.63) is 75.2 Å². The number of benzene rings is 2. The third-order valence-corrected chi connectivity index (χ3v) is 5.19. The van der Waals surface area contributed by atoms with E-state index in [1.807, 2.05) is 0 Å². The number of nitro groups is 1.